The first kappa shape index (κ1) is 55.9. The van der Waals surface area contributed by atoms with Gasteiger partial charge in [-0.05, 0) is 103 Å². The normalized spacial score (nSPS) is 13.0. The second-order valence-corrected chi connectivity index (χ2v) is 17.1. The monoisotopic (exact) mass is 819 g/mol. The van der Waals surface area contributed by atoms with E-state index >= 15 is 0 Å². The first-order chi connectivity index (χ1) is 28.3. The van der Waals surface area contributed by atoms with Gasteiger partial charge < -0.3 is 42.1 Å². The van der Waals surface area contributed by atoms with Gasteiger partial charge in [0.05, 0.1) is 12.2 Å². The third kappa shape index (κ3) is 43.4. The van der Waals surface area contributed by atoms with Crippen LogP contribution in [0.25, 0.3) is 0 Å². The first-order valence-corrected chi connectivity index (χ1v) is 24.5. The van der Waals surface area contributed by atoms with E-state index in [9.17, 15) is 10.2 Å². The minimum absolute atomic E-state index is 0.110. The Bertz CT molecular complexity index is 875. The molecule has 0 fully saturated rings. The van der Waals surface area contributed by atoms with Crippen molar-refractivity contribution in [3.05, 3.63) is 24.3 Å². The second kappa shape index (κ2) is 44.4. The number of hydrogen-bond donors (Lipinski definition) is 8. The van der Waals surface area contributed by atoms with Crippen LogP contribution in [-0.2, 0) is 0 Å². The Morgan fingerprint density at radius 1 is 0.431 bits per heavy atom. The zero-order valence-electron chi connectivity index (χ0n) is 38.3. The average molecular weight is 819 g/mol. The summed E-state index contributed by atoms with van der Waals surface area (Å²) >= 11 is 0. The van der Waals surface area contributed by atoms with E-state index in [4.69, 9.17) is 22.3 Å². The molecule has 0 aliphatic rings. The smallest absolute Gasteiger partial charge is 0.185 e. The molecule has 10 nitrogen and oxygen atoms in total. The Kier molecular flexibility index (Phi) is 42.8. The number of hydrogen-bond acceptors (Lipinski definition) is 6. The van der Waals surface area contributed by atoms with Gasteiger partial charge >= 0.3 is 0 Å². The summed E-state index contributed by atoms with van der Waals surface area (Å²) in [7, 11) is 0. The molecule has 0 heterocycles. The molecular formula is C48H98N8O2. The van der Waals surface area contributed by atoms with Crippen molar-refractivity contribution in [3.8, 4) is 0 Å². The quantitative estimate of drug-likeness (QED) is 0.0130. The molecule has 0 aliphatic heterocycles. The predicted octanol–water partition coefficient (Wildman–Crippen LogP) is 10.1. The molecule has 2 unspecified atom stereocenters. The SMILES string of the molecule is CCCCCCCC/C=C\CCCCCCCCN(CCCCN(CCCCCCCC/C=C\CCCCCCCC)CC(O)CNC(=N)N)CC(O)CNC(=N)N. The van der Waals surface area contributed by atoms with E-state index in [1.165, 1.54) is 167 Å². The van der Waals surface area contributed by atoms with Crippen LogP contribution < -0.4 is 22.1 Å². The van der Waals surface area contributed by atoms with Gasteiger partial charge in [-0.25, -0.2) is 0 Å². The van der Waals surface area contributed by atoms with E-state index in [0.29, 0.717) is 13.1 Å². The molecule has 0 aromatic rings. The molecule has 10 N–H and O–H groups in total. The molecule has 0 saturated heterocycles. The zero-order chi connectivity index (χ0) is 42.6. The van der Waals surface area contributed by atoms with Gasteiger partial charge in [-0.1, -0.05) is 154 Å². The van der Waals surface area contributed by atoms with Crippen molar-refractivity contribution in [2.45, 2.75) is 219 Å². The fourth-order valence-electron chi connectivity index (χ4n) is 7.61. The summed E-state index contributed by atoms with van der Waals surface area (Å²) in [4.78, 5) is 4.75. The van der Waals surface area contributed by atoms with Gasteiger partial charge in [0.2, 0.25) is 0 Å². The van der Waals surface area contributed by atoms with Crippen LogP contribution in [0.1, 0.15) is 206 Å². The molecule has 10 heteroatoms. The number of guanidine groups is 2. The summed E-state index contributed by atoms with van der Waals surface area (Å²) < 4.78 is 0. The maximum atomic E-state index is 10.7. The molecule has 0 amide bonds. The number of aliphatic hydroxyl groups is 2. The number of unbranched alkanes of at least 4 members (excludes halogenated alkanes) is 25. The summed E-state index contributed by atoms with van der Waals surface area (Å²) in [6.45, 7) is 10.0. The van der Waals surface area contributed by atoms with Crippen LogP contribution in [0.2, 0.25) is 0 Å². The van der Waals surface area contributed by atoms with Crippen molar-refractivity contribution in [2.24, 2.45) is 11.5 Å². The van der Waals surface area contributed by atoms with Gasteiger partial charge in [0, 0.05) is 26.2 Å². The molecule has 0 aromatic carbocycles. The van der Waals surface area contributed by atoms with Gasteiger partial charge in [0.25, 0.3) is 0 Å². The van der Waals surface area contributed by atoms with E-state index in [2.05, 4.69) is 58.6 Å². The molecule has 0 rings (SSSR count). The zero-order valence-corrected chi connectivity index (χ0v) is 38.3. The maximum Gasteiger partial charge on any atom is 0.185 e. The van der Waals surface area contributed by atoms with E-state index < -0.39 is 12.2 Å². The number of aliphatic hydroxyl groups excluding tert-OH is 2. The molecule has 342 valence electrons. The molecule has 0 saturated carbocycles. The Morgan fingerprint density at radius 2 is 0.672 bits per heavy atom. The first-order valence-electron chi connectivity index (χ1n) is 24.5. The van der Waals surface area contributed by atoms with Crippen molar-refractivity contribution in [2.75, 3.05) is 52.4 Å². The summed E-state index contributed by atoms with van der Waals surface area (Å²) in [5.41, 5.74) is 10.9. The maximum absolute atomic E-state index is 10.7. The fourth-order valence-corrected chi connectivity index (χ4v) is 7.61. The predicted molar refractivity (Wildman–Crippen MR) is 253 cm³/mol. The molecule has 0 bridgehead atoms. The summed E-state index contributed by atoms with van der Waals surface area (Å²) in [6, 6.07) is 0. The van der Waals surface area contributed by atoms with E-state index in [-0.39, 0.29) is 25.0 Å². The standard InChI is InChI=1S/C48H98N8O2/c1-3-5-7-9-11-13-15-17-19-21-23-25-27-29-31-33-37-55(43-45(57)41-53-47(49)50)39-35-36-40-56(44-46(58)42-54-48(51)52)38-34-32-30-28-26-24-22-20-18-16-14-12-10-8-6-4-2/h17-20,45-46,57-58H,3-16,21-44H2,1-2H3,(H4,49,50,53)(H4,51,52,54)/b19-17-,20-18-. The van der Waals surface area contributed by atoms with Gasteiger partial charge in [-0.3, -0.25) is 10.8 Å². The average Bonchev–Trinajstić information content (AvgIpc) is 3.20. The highest BCUT2D eigenvalue weighted by atomic mass is 16.3. The molecule has 2 atom stereocenters. The molecule has 0 spiro atoms. The van der Waals surface area contributed by atoms with Crippen molar-refractivity contribution < 1.29 is 10.2 Å². The lowest BCUT2D eigenvalue weighted by Crippen LogP contribution is -2.43. The largest absolute Gasteiger partial charge is 0.390 e. The number of nitrogens with two attached hydrogens (primary N) is 2. The minimum Gasteiger partial charge on any atom is -0.390 e. The van der Waals surface area contributed by atoms with E-state index in [1.807, 2.05) is 0 Å². The van der Waals surface area contributed by atoms with Gasteiger partial charge in [-0.15, -0.1) is 0 Å². The fraction of sp³-hybridized carbons (Fsp3) is 0.875. The lowest BCUT2D eigenvalue weighted by Gasteiger charge is -2.27. The van der Waals surface area contributed by atoms with Crippen LogP contribution in [0.4, 0.5) is 0 Å². The van der Waals surface area contributed by atoms with Crippen molar-refractivity contribution in [3.63, 3.8) is 0 Å². The molecule has 0 aliphatic carbocycles. The third-order valence-corrected chi connectivity index (χ3v) is 11.2. The van der Waals surface area contributed by atoms with Crippen LogP contribution >= 0.6 is 0 Å². The Morgan fingerprint density at radius 3 is 0.948 bits per heavy atom. The Labute approximate surface area is 359 Å². The highest BCUT2D eigenvalue weighted by molar-refractivity contribution is 5.74. The van der Waals surface area contributed by atoms with Crippen LogP contribution in [0, 0.1) is 10.8 Å². The van der Waals surface area contributed by atoms with Crippen LogP contribution in [-0.4, -0.2) is 96.5 Å². The van der Waals surface area contributed by atoms with Gasteiger partial charge in [0.15, 0.2) is 11.9 Å². The number of rotatable bonds is 45. The van der Waals surface area contributed by atoms with Crippen molar-refractivity contribution in [1.29, 1.82) is 10.8 Å². The Hall–Kier alpha value is -2.14. The topological polar surface area (TPSA) is 171 Å². The van der Waals surface area contributed by atoms with Gasteiger partial charge in [0.1, 0.15) is 0 Å². The van der Waals surface area contributed by atoms with Crippen LogP contribution in [0.15, 0.2) is 24.3 Å². The summed E-state index contributed by atoms with van der Waals surface area (Å²) in [5, 5.41) is 41.8. The van der Waals surface area contributed by atoms with Crippen LogP contribution in [0.5, 0.6) is 0 Å². The van der Waals surface area contributed by atoms with Crippen molar-refractivity contribution in [1.82, 2.24) is 20.4 Å². The summed E-state index contributed by atoms with van der Waals surface area (Å²) in [6.07, 6.45) is 46.7. The highest BCUT2D eigenvalue weighted by Gasteiger charge is 2.14. The molecule has 58 heavy (non-hydrogen) atoms. The highest BCUT2D eigenvalue weighted by Crippen LogP contribution is 2.13. The summed E-state index contributed by atoms with van der Waals surface area (Å²) in [5.74, 6) is -0.220. The Balaban J connectivity index is 4.52. The molecule has 0 radical (unpaired) electrons. The molecule has 0 aromatic heterocycles. The van der Waals surface area contributed by atoms with E-state index in [0.717, 1.165) is 51.9 Å². The van der Waals surface area contributed by atoms with Crippen LogP contribution in [0.3, 0.4) is 0 Å². The van der Waals surface area contributed by atoms with Crippen molar-refractivity contribution >= 4 is 11.9 Å². The number of allylic oxidation sites excluding steroid dienone is 4. The number of nitrogens with zero attached hydrogens (tertiary/aromatic N) is 2. The molecular weight excluding hydrogens is 721 g/mol. The third-order valence-electron chi connectivity index (χ3n) is 11.2. The minimum atomic E-state index is -0.579. The number of nitrogens with one attached hydrogen (secondary N) is 4. The van der Waals surface area contributed by atoms with Gasteiger partial charge in [-0.2, -0.15) is 0 Å². The second-order valence-electron chi connectivity index (χ2n) is 17.1. The lowest BCUT2D eigenvalue weighted by molar-refractivity contribution is 0.104. The van der Waals surface area contributed by atoms with E-state index in [1.54, 1.807) is 0 Å². The lowest BCUT2D eigenvalue weighted by atomic mass is 10.1.